The molecule has 4 rings (SSSR count). The average Bonchev–Trinajstić information content (AvgIpc) is 3.26. The van der Waals surface area contributed by atoms with Gasteiger partial charge in [-0.25, -0.2) is 0 Å². The van der Waals surface area contributed by atoms with Crippen molar-refractivity contribution >= 4 is 29.5 Å². The standard InChI is InChI=1S/C27H34O2S2/c1-25(2)14-15-26(3,4)23-18-21(11-12-22(23)25)27(30-16-17-31-27)20-9-6-19(7-10-20)8-13-24(28)29-5/h6-7,9-12,18H,8,13-17H2,1-5H3. The monoisotopic (exact) mass is 454 g/mol. The van der Waals surface area contributed by atoms with Crippen molar-refractivity contribution in [1.82, 2.24) is 0 Å². The molecule has 1 aliphatic heterocycles. The number of thioether (sulfide) groups is 2. The highest BCUT2D eigenvalue weighted by Gasteiger charge is 2.42. The molecule has 0 radical (unpaired) electrons. The van der Waals surface area contributed by atoms with Crippen molar-refractivity contribution in [3.63, 3.8) is 0 Å². The van der Waals surface area contributed by atoms with Crippen LogP contribution in [0, 0.1) is 0 Å². The molecule has 1 heterocycles. The van der Waals surface area contributed by atoms with Crippen LogP contribution in [0.5, 0.6) is 0 Å². The van der Waals surface area contributed by atoms with Crippen LogP contribution in [0.15, 0.2) is 42.5 Å². The minimum absolute atomic E-state index is 0.0480. The molecule has 4 heteroatoms. The molecule has 0 atom stereocenters. The Labute approximate surface area is 195 Å². The predicted molar refractivity (Wildman–Crippen MR) is 134 cm³/mol. The van der Waals surface area contributed by atoms with E-state index in [-0.39, 0.29) is 20.9 Å². The van der Waals surface area contributed by atoms with Crippen LogP contribution in [0.25, 0.3) is 0 Å². The van der Waals surface area contributed by atoms with E-state index < -0.39 is 0 Å². The zero-order valence-corrected chi connectivity index (χ0v) is 21.1. The highest BCUT2D eigenvalue weighted by Crippen LogP contribution is 2.57. The molecule has 0 aromatic heterocycles. The quantitative estimate of drug-likeness (QED) is 0.463. The van der Waals surface area contributed by atoms with Gasteiger partial charge in [-0.1, -0.05) is 70.2 Å². The zero-order valence-electron chi connectivity index (χ0n) is 19.4. The summed E-state index contributed by atoms with van der Waals surface area (Å²) >= 11 is 4.13. The van der Waals surface area contributed by atoms with E-state index >= 15 is 0 Å². The van der Waals surface area contributed by atoms with Gasteiger partial charge in [0, 0.05) is 17.9 Å². The van der Waals surface area contributed by atoms with Gasteiger partial charge in [-0.2, -0.15) is 0 Å². The van der Waals surface area contributed by atoms with Crippen LogP contribution in [0.2, 0.25) is 0 Å². The average molecular weight is 455 g/mol. The summed E-state index contributed by atoms with van der Waals surface area (Å²) in [6.07, 6.45) is 3.63. The number of hydrogen-bond donors (Lipinski definition) is 0. The van der Waals surface area contributed by atoms with Crippen molar-refractivity contribution < 1.29 is 9.53 Å². The Kier molecular flexibility index (Phi) is 6.26. The van der Waals surface area contributed by atoms with E-state index in [9.17, 15) is 4.79 Å². The van der Waals surface area contributed by atoms with Gasteiger partial charge in [0.15, 0.2) is 0 Å². The van der Waals surface area contributed by atoms with Crippen molar-refractivity contribution in [3.05, 3.63) is 70.3 Å². The zero-order chi connectivity index (χ0) is 22.3. The van der Waals surface area contributed by atoms with E-state index in [1.54, 1.807) is 0 Å². The molecular weight excluding hydrogens is 420 g/mol. The Balaban J connectivity index is 1.70. The molecule has 0 amide bonds. The van der Waals surface area contributed by atoms with Crippen molar-refractivity contribution in [2.45, 2.75) is 68.3 Å². The number of benzene rings is 2. The number of esters is 1. The highest BCUT2D eigenvalue weighted by molar-refractivity contribution is 8.20. The fourth-order valence-corrected chi connectivity index (χ4v) is 8.21. The van der Waals surface area contributed by atoms with E-state index in [4.69, 9.17) is 4.74 Å². The Morgan fingerprint density at radius 3 is 2.06 bits per heavy atom. The fraction of sp³-hybridized carbons (Fsp3) is 0.519. The Morgan fingerprint density at radius 1 is 0.871 bits per heavy atom. The number of fused-ring (bicyclic) bond motifs is 1. The normalized spacial score (nSPS) is 20.8. The molecule has 0 N–H and O–H groups in total. The molecule has 0 unspecified atom stereocenters. The number of carbonyl (C=O) groups is 1. The third-order valence-corrected chi connectivity index (χ3v) is 10.6. The van der Waals surface area contributed by atoms with Gasteiger partial charge < -0.3 is 4.74 Å². The topological polar surface area (TPSA) is 26.3 Å². The van der Waals surface area contributed by atoms with Crippen molar-refractivity contribution in [3.8, 4) is 0 Å². The molecule has 0 bridgehead atoms. The lowest BCUT2D eigenvalue weighted by Gasteiger charge is -2.43. The first-order valence-corrected chi connectivity index (χ1v) is 13.2. The number of hydrogen-bond acceptors (Lipinski definition) is 4. The lowest BCUT2D eigenvalue weighted by atomic mass is 9.63. The van der Waals surface area contributed by atoms with Gasteiger partial charge in [0.1, 0.15) is 4.08 Å². The second-order valence-corrected chi connectivity index (χ2v) is 13.0. The van der Waals surface area contributed by atoms with Crippen LogP contribution in [0.1, 0.15) is 74.8 Å². The third-order valence-electron chi connectivity index (χ3n) is 7.11. The third kappa shape index (κ3) is 4.30. The molecule has 1 aliphatic carbocycles. The van der Waals surface area contributed by atoms with E-state index in [0.717, 1.165) is 6.42 Å². The number of methoxy groups -OCH3 is 1. The molecule has 2 aromatic rings. The Bertz CT molecular complexity index is 954. The minimum Gasteiger partial charge on any atom is -0.469 e. The molecule has 2 aromatic carbocycles. The lowest BCUT2D eigenvalue weighted by molar-refractivity contribution is -0.140. The molecule has 0 saturated carbocycles. The molecule has 0 spiro atoms. The van der Waals surface area contributed by atoms with Crippen LogP contribution in [0.4, 0.5) is 0 Å². The van der Waals surface area contributed by atoms with E-state index in [0.29, 0.717) is 6.42 Å². The summed E-state index contributed by atoms with van der Waals surface area (Å²) in [4.78, 5) is 11.5. The maximum atomic E-state index is 11.5. The van der Waals surface area contributed by atoms with Crippen molar-refractivity contribution in [2.24, 2.45) is 0 Å². The molecule has 2 aliphatic rings. The van der Waals surface area contributed by atoms with E-state index in [2.05, 4.69) is 93.7 Å². The second kappa shape index (κ2) is 8.51. The molecule has 31 heavy (non-hydrogen) atoms. The Hall–Kier alpha value is -1.39. The van der Waals surface area contributed by atoms with Crippen LogP contribution >= 0.6 is 23.5 Å². The second-order valence-electron chi connectivity index (χ2n) is 10.1. The maximum absolute atomic E-state index is 11.5. The largest absolute Gasteiger partial charge is 0.469 e. The lowest BCUT2D eigenvalue weighted by Crippen LogP contribution is -2.34. The summed E-state index contributed by atoms with van der Waals surface area (Å²) in [6.45, 7) is 9.59. The summed E-state index contributed by atoms with van der Waals surface area (Å²) in [5.41, 5.74) is 7.48. The van der Waals surface area contributed by atoms with Crippen LogP contribution in [0.3, 0.4) is 0 Å². The van der Waals surface area contributed by atoms with Gasteiger partial charge >= 0.3 is 5.97 Å². The first-order chi connectivity index (χ1) is 14.7. The molecular formula is C27H34O2S2. The van der Waals surface area contributed by atoms with Crippen molar-refractivity contribution in [2.75, 3.05) is 18.6 Å². The first kappa shape index (κ1) is 22.8. The summed E-state index contributed by atoms with van der Waals surface area (Å²) in [7, 11) is 1.45. The summed E-state index contributed by atoms with van der Waals surface area (Å²) < 4.78 is 4.73. The van der Waals surface area contributed by atoms with Crippen LogP contribution in [-0.4, -0.2) is 24.6 Å². The van der Waals surface area contributed by atoms with Gasteiger partial charge in [0.05, 0.1) is 7.11 Å². The van der Waals surface area contributed by atoms with Crippen LogP contribution in [-0.2, 0) is 30.9 Å². The van der Waals surface area contributed by atoms with Gasteiger partial charge in [-0.05, 0) is 57.9 Å². The molecule has 1 saturated heterocycles. The highest BCUT2D eigenvalue weighted by atomic mass is 32.2. The number of rotatable bonds is 5. The van der Waals surface area contributed by atoms with Crippen molar-refractivity contribution in [1.29, 1.82) is 0 Å². The molecule has 1 fully saturated rings. The van der Waals surface area contributed by atoms with E-state index in [1.165, 1.54) is 59.3 Å². The summed E-state index contributed by atoms with van der Waals surface area (Å²) in [5.74, 6) is 2.18. The fourth-order valence-electron chi connectivity index (χ4n) is 4.95. The van der Waals surface area contributed by atoms with Gasteiger partial charge in [-0.3, -0.25) is 4.79 Å². The maximum Gasteiger partial charge on any atom is 0.305 e. The number of ether oxygens (including phenoxy) is 1. The SMILES string of the molecule is COC(=O)CCc1ccc(C2(c3ccc4c(c3)C(C)(C)CCC4(C)C)SCCS2)cc1. The Morgan fingerprint density at radius 2 is 1.45 bits per heavy atom. The smallest absolute Gasteiger partial charge is 0.305 e. The number of carbonyl (C=O) groups excluding carboxylic acids is 1. The predicted octanol–water partition coefficient (Wildman–Crippen LogP) is 6.82. The van der Waals surface area contributed by atoms with Gasteiger partial charge in [-0.15, -0.1) is 23.5 Å². The minimum atomic E-state index is -0.151. The van der Waals surface area contributed by atoms with Crippen LogP contribution < -0.4 is 0 Å². The summed E-state index contributed by atoms with van der Waals surface area (Å²) in [5, 5.41) is 0. The van der Waals surface area contributed by atoms with Gasteiger partial charge in [0.2, 0.25) is 0 Å². The first-order valence-electron chi connectivity index (χ1n) is 11.3. The van der Waals surface area contributed by atoms with E-state index in [1.807, 2.05) is 0 Å². The summed E-state index contributed by atoms with van der Waals surface area (Å²) in [6, 6.07) is 16.2. The molecule has 2 nitrogen and oxygen atoms in total. The molecule has 166 valence electrons. The van der Waals surface area contributed by atoms with Gasteiger partial charge in [0.25, 0.3) is 0 Å². The number of aryl methyl sites for hydroxylation is 1.